The first-order chi connectivity index (χ1) is 11.3. The van der Waals surface area contributed by atoms with Crippen molar-refractivity contribution in [2.45, 2.75) is 33.7 Å². The number of rotatable bonds is 7. The van der Waals surface area contributed by atoms with Crippen molar-refractivity contribution in [2.24, 2.45) is 0 Å². The van der Waals surface area contributed by atoms with Crippen LogP contribution in [-0.4, -0.2) is 31.1 Å². The van der Waals surface area contributed by atoms with Crippen molar-refractivity contribution in [3.05, 3.63) is 47.0 Å². The van der Waals surface area contributed by atoms with Crippen LogP contribution in [0.15, 0.2) is 30.4 Å². The molecule has 1 rings (SSSR count). The molecule has 130 valence electrons. The maximum Gasteiger partial charge on any atom is 0.331 e. The van der Waals surface area contributed by atoms with E-state index >= 15 is 0 Å². The lowest BCUT2D eigenvalue weighted by Gasteiger charge is -2.15. The van der Waals surface area contributed by atoms with Gasteiger partial charge >= 0.3 is 11.9 Å². The topological polar surface area (TPSA) is 81.7 Å². The summed E-state index contributed by atoms with van der Waals surface area (Å²) in [7, 11) is 0. The van der Waals surface area contributed by atoms with Gasteiger partial charge in [-0.1, -0.05) is 18.2 Å². The molecule has 24 heavy (non-hydrogen) atoms. The van der Waals surface area contributed by atoms with Crippen LogP contribution in [0.25, 0.3) is 0 Å². The Labute approximate surface area is 141 Å². The molecule has 0 bridgehead atoms. The number of hydrogen-bond acceptors (Lipinski definition) is 5. The van der Waals surface area contributed by atoms with E-state index in [0.717, 1.165) is 23.3 Å². The fraction of sp³-hybridized carbons (Fsp3) is 0.389. The minimum absolute atomic E-state index is 0.203. The summed E-state index contributed by atoms with van der Waals surface area (Å²) in [5.74, 6) is -1.84. The van der Waals surface area contributed by atoms with Crippen LogP contribution in [0.1, 0.15) is 36.6 Å². The molecule has 1 aromatic rings. The van der Waals surface area contributed by atoms with Gasteiger partial charge in [0.1, 0.15) is 0 Å². The molecule has 0 aliphatic rings. The molecule has 0 fully saturated rings. The minimum atomic E-state index is -0.781. The zero-order valence-corrected chi connectivity index (χ0v) is 14.4. The Kier molecular flexibility index (Phi) is 7.68. The Hall–Kier alpha value is -2.63. The third-order valence-electron chi connectivity index (χ3n) is 3.40. The smallest absolute Gasteiger partial charge is 0.331 e. The van der Waals surface area contributed by atoms with E-state index in [4.69, 9.17) is 4.74 Å². The number of carbonyl (C=O) groups excluding carboxylic acids is 3. The number of esters is 2. The molecule has 0 radical (unpaired) electrons. The molecule has 1 atom stereocenters. The molecule has 6 nitrogen and oxygen atoms in total. The first-order valence-electron chi connectivity index (χ1n) is 7.71. The highest BCUT2D eigenvalue weighted by Crippen LogP contribution is 2.16. The van der Waals surface area contributed by atoms with E-state index in [1.54, 1.807) is 6.92 Å². The van der Waals surface area contributed by atoms with Gasteiger partial charge < -0.3 is 14.8 Å². The molecule has 0 aromatic heterocycles. The molecule has 0 saturated carbocycles. The quantitative estimate of drug-likeness (QED) is 0.611. The molecule has 1 aromatic carbocycles. The van der Waals surface area contributed by atoms with Gasteiger partial charge in [0.2, 0.25) is 0 Å². The Bertz CT molecular complexity index is 636. The average Bonchev–Trinajstić information content (AvgIpc) is 2.53. The van der Waals surface area contributed by atoms with Crippen LogP contribution in [-0.2, 0) is 23.9 Å². The second-order valence-electron chi connectivity index (χ2n) is 5.33. The highest BCUT2D eigenvalue weighted by Gasteiger charge is 2.11. The van der Waals surface area contributed by atoms with Gasteiger partial charge in [0.15, 0.2) is 6.61 Å². The number of amides is 1. The van der Waals surface area contributed by atoms with E-state index in [1.165, 1.54) is 5.56 Å². The molecule has 0 aliphatic carbocycles. The lowest BCUT2D eigenvalue weighted by molar-refractivity contribution is -0.144. The Morgan fingerprint density at radius 3 is 2.29 bits per heavy atom. The summed E-state index contributed by atoms with van der Waals surface area (Å²) in [6.45, 7) is 7.34. The van der Waals surface area contributed by atoms with Crippen LogP contribution >= 0.6 is 0 Å². The SMILES string of the molecule is CCOC(=O)/C=C/C(=O)OCC(=O)NC(C)c1ccc(C)c(C)c1. The predicted molar refractivity (Wildman–Crippen MR) is 89.2 cm³/mol. The van der Waals surface area contributed by atoms with Gasteiger partial charge in [-0.2, -0.15) is 0 Å². The van der Waals surface area contributed by atoms with E-state index < -0.39 is 24.5 Å². The van der Waals surface area contributed by atoms with Crippen molar-refractivity contribution in [3.63, 3.8) is 0 Å². The standard InChI is InChI=1S/C18H23NO5/c1-5-23-17(21)8-9-18(22)24-11-16(20)19-14(4)15-7-6-12(2)13(3)10-15/h6-10,14H,5,11H2,1-4H3,(H,19,20)/b9-8+. The number of aryl methyl sites for hydroxylation is 2. The third-order valence-corrected chi connectivity index (χ3v) is 3.40. The summed E-state index contributed by atoms with van der Waals surface area (Å²) in [5.41, 5.74) is 3.30. The van der Waals surface area contributed by atoms with Gasteiger partial charge in [0.25, 0.3) is 5.91 Å². The van der Waals surface area contributed by atoms with Crippen LogP contribution in [0.3, 0.4) is 0 Å². The summed E-state index contributed by atoms with van der Waals surface area (Å²) < 4.78 is 9.39. The van der Waals surface area contributed by atoms with E-state index in [1.807, 2.05) is 39.0 Å². The van der Waals surface area contributed by atoms with E-state index in [-0.39, 0.29) is 12.6 Å². The molecular weight excluding hydrogens is 310 g/mol. The van der Waals surface area contributed by atoms with Gasteiger partial charge in [-0.05, 0) is 44.4 Å². The first kappa shape index (κ1) is 19.4. The lowest BCUT2D eigenvalue weighted by Crippen LogP contribution is -2.31. The number of ether oxygens (including phenoxy) is 2. The monoisotopic (exact) mass is 333 g/mol. The first-order valence-corrected chi connectivity index (χ1v) is 7.71. The van der Waals surface area contributed by atoms with Crippen molar-refractivity contribution < 1.29 is 23.9 Å². The molecular formula is C18H23NO5. The summed E-state index contributed by atoms with van der Waals surface area (Å²) in [5, 5.41) is 2.75. The number of hydrogen-bond donors (Lipinski definition) is 1. The van der Waals surface area contributed by atoms with Crippen LogP contribution in [0, 0.1) is 13.8 Å². The van der Waals surface area contributed by atoms with Crippen molar-refractivity contribution in [3.8, 4) is 0 Å². The summed E-state index contributed by atoms with van der Waals surface area (Å²) >= 11 is 0. The maximum atomic E-state index is 11.8. The molecule has 1 N–H and O–H groups in total. The summed E-state index contributed by atoms with van der Waals surface area (Å²) in [4.78, 5) is 34.3. The van der Waals surface area contributed by atoms with Crippen molar-refractivity contribution in [1.29, 1.82) is 0 Å². The normalized spacial score (nSPS) is 11.8. The third kappa shape index (κ3) is 6.64. The van der Waals surface area contributed by atoms with Crippen LogP contribution in [0.4, 0.5) is 0 Å². The van der Waals surface area contributed by atoms with E-state index in [2.05, 4.69) is 10.1 Å². The zero-order chi connectivity index (χ0) is 18.1. The van der Waals surface area contributed by atoms with Crippen LogP contribution in [0.2, 0.25) is 0 Å². The van der Waals surface area contributed by atoms with Crippen LogP contribution in [0.5, 0.6) is 0 Å². The van der Waals surface area contributed by atoms with E-state index in [9.17, 15) is 14.4 Å². The largest absolute Gasteiger partial charge is 0.463 e. The fourth-order valence-electron chi connectivity index (χ4n) is 1.91. The highest BCUT2D eigenvalue weighted by molar-refractivity contribution is 5.92. The molecule has 0 aliphatic heterocycles. The molecule has 0 heterocycles. The van der Waals surface area contributed by atoms with Crippen molar-refractivity contribution in [1.82, 2.24) is 5.32 Å². The maximum absolute atomic E-state index is 11.8. The Balaban J connectivity index is 2.44. The lowest BCUT2D eigenvalue weighted by atomic mass is 10.0. The van der Waals surface area contributed by atoms with Crippen LogP contribution < -0.4 is 5.32 Å². The van der Waals surface area contributed by atoms with Gasteiger partial charge in [0.05, 0.1) is 12.6 Å². The fourth-order valence-corrected chi connectivity index (χ4v) is 1.91. The molecule has 1 unspecified atom stereocenters. The van der Waals surface area contributed by atoms with Crippen molar-refractivity contribution >= 4 is 17.8 Å². The second-order valence-corrected chi connectivity index (χ2v) is 5.33. The van der Waals surface area contributed by atoms with Gasteiger partial charge in [0, 0.05) is 12.2 Å². The molecule has 0 saturated heterocycles. The van der Waals surface area contributed by atoms with Gasteiger partial charge in [-0.3, -0.25) is 4.79 Å². The Morgan fingerprint density at radius 2 is 1.71 bits per heavy atom. The highest BCUT2D eigenvalue weighted by atomic mass is 16.5. The zero-order valence-electron chi connectivity index (χ0n) is 14.4. The molecule has 1 amide bonds. The van der Waals surface area contributed by atoms with Gasteiger partial charge in [-0.25, -0.2) is 9.59 Å². The minimum Gasteiger partial charge on any atom is -0.463 e. The van der Waals surface area contributed by atoms with Gasteiger partial charge in [-0.15, -0.1) is 0 Å². The number of nitrogens with one attached hydrogen (secondary N) is 1. The Morgan fingerprint density at radius 1 is 1.08 bits per heavy atom. The average molecular weight is 333 g/mol. The number of benzene rings is 1. The van der Waals surface area contributed by atoms with E-state index in [0.29, 0.717) is 0 Å². The molecule has 6 heteroatoms. The summed E-state index contributed by atoms with van der Waals surface area (Å²) in [6, 6.07) is 5.74. The predicted octanol–water partition coefficient (Wildman–Crippen LogP) is 2.14. The number of carbonyl (C=O) groups is 3. The van der Waals surface area contributed by atoms with Crippen molar-refractivity contribution in [2.75, 3.05) is 13.2 Å². The second kappa shape index (κ2) is 9.50. The summed E-state index contributed by atoms with van der Waals surface area (Å²) in [6.07, 6.45) is 1.89. The molecule has 0 spiro atoms.